The largest absolute Gasteiger partial charge is 0.493 e. The average Bonchev–Trinajstić information content (AvgIpc) is 2.50. The molecule has 4 heteroatoms. The second-order valence-corrected chi connectivity index (χ2v) is 5.01. The molecule has 0 amide bonds. The number of hydrogen-bond acceptors (Lipinski definition) is 3. The first-order valence-corrected chi connectivity index (χ1v) is 7.29. The lowest BCUT2D eigenvalue weighted by Crippen LogP contribution is -2.12. The van der Waals surface area contributed by atoms with Crippen LogP contribution in [0.5, 0.6) is 11.5 Å². The third kappa shape index (κ3) is 5.24. The molecular formula is C18H24ClNO2. The third-order valence-electron chi connectivity index (χ3n) is 3.31. The normalized spacial score (nSPS) is 9.95. The quantitative estimate of drug-likeness (QED) is 0.832. The van der Waals surface area contributed by atoms with Crippen molar-refractivity contribution < 1.29 is 9.47 Å². The number of methoxy groups -OCH3 is 1. The van der Waals surface area contributed by atoms with Gasteiger partial charge in [0.1, 0.15) is 0 Å². The summed E-state index contributed by atoms with van der Waals surface area (Å²) in [5.74, 6) is 1.58. The lowest BCUT2D eigenvalue weighted by Gasteiger charge is -2.11. The number of benzene rings is 2. The van der Waals surface area contributed by atoms with Gasteiger partial charge in [0.25, 0.3) is 0 Å². The number of halogens is 1. The molecule has 0 saturated heterocycles. The highest BCUT2D eigenvalue weighted by Crippen LogP contribution is 2.27. The van der Waals surface area contributed by atoms with E-state index < -0.39 is 0 Å². The lowest BCUT2D eigenvalue weighted by atomic mass is 10.1. The summed E-state index contributed by atoms with van der Waals surface area (Å²) >= 11 is 0. The Morgan fingerprint density at radius 1 is 0.909 bits per heavy atom. The minimum atomic E-state index is 0. The van der Waals surface area contributed by atoms with E-state index in [-0.39, 0.29) is 12.4 Å². The van der Waals surface area contributed by atoms with Gasteiger partial charge >= 0.3 is 0 Å². The molecule has 2 rings (SSSR count). The summed E-state index contributed by atoms with van der Waals surface area (Å²) in [5.41, 5.74) is 3.76. The second-order valence-electron chi connectivity index (χ2n) is 5.01. The lowest BCUT2D eigenvalue weighted by molar-refractivity contribution is 0.310. The van der Waals surface area contributed by atoms with Crippen LogP contribution in [0.4, 0.5) is 0 Å². The summed E-state index contributed by atoms with van der Waals surface area (Å²) in [7, 11) is 1.66. The molecule has 0 saturated carbocycles. The molecule has 0 bridgehead atoms. The maximum atomic E-state index is 5.59. The number of ether oxygens (including phenoxy) is 2. The average molecular weight is 322 g/mol. The topological polar surface area (TPSA) is 30.5 Å². The molecular weight excluding hydrogens is 298 g/mol. The van der Waals surface area contributed by atoms with Crippen LogP contribution in [-0.4, -0.2) is 13.7 Å². The Bertz CT molecular complexity index is 570. The monoisotopic (exact) mass is 321 g/mol. The van der Waals surface area contributed by atoms with Gasteiger partial charge in [-0.2, -0.15) is 0 Å². The van der Waals surface area contributed by atoms with Crippen molar-refractivity contribution in [2.24, 2.45) is 0 Å². The number of aryl methyl sites for hydroxylation is 1. The fraction of sp³-hybridized carbons (Fsp3) is 0.333. The highest BCUT2D eigenvalue weighted by Gasteiger charge is 2.05. The van der Waals surface area contributed by atoms with Crippen LogP contribution in [0.3, 0.4) is 0 Å². The molecule has 0 aliphatic heterocycles. The Labute approximate surface area is 139 Å². The van der Waals surface area contributed by atoms with E-state index in [0.29, 0.717) is 6.61 Å². The van der Waals surface area contributed by atoms with Crippen molar-refractivity contribution in [3.63, 3.8) is 0 Å². The summed E-state index contributed by atoms with van der Waals surface area (Å²) in [6.45, 7) is 6.37. The predicted molar refractivity (Wildman–Crippen MR) is 93.1 cm³/mol. The molecule has 3 nitrogen and oxygen atoms in total. The number of rotatable bonds is 7. The van der Waals surface area contributed by atoms with Crippen LogP contribution in [-0.2, 0) is 13.1 Å². The van der Waals surface area contributed by atoms with Crippen molar-refractivity contribution in [1.82, 2.24) is 5.32 Å². The van der Waals surface area contributed by atoms with Crippen LogP contribution in [0.2, 0.25) is 0 Å². The molecule has 0 fully saturated rings. The van der Waals surface area contributed by atoms with Gasteiger partial charge in [0.05, 0.1) is 13.7 Å². The summed E-state index contributed by atoms with van der Waals surface area (Å²) in [4.78, 5) is 0. The molecule has 22 heavy (non-hydrogen) atoms. The number of hydrogen-bond donors (Lipinski definition) is 1. The number of nitrogens with one attached hydrogen (secondary N) is 1. The van der Waals surface area contributed by atoms with Crippen LogP contribution in [0, 0.1) is 6.92 Å². The minimum absolute atomic E-state index is 0. The first-order valence-electron chi connectivity index (χ1n) is 7.29. The van der Waals surface area contributed by atoms with Crippen LogP contribution >= 0.6 is 12.4 Å². The predicted octanol–water partition coefficient (Wildman–Crippen LogP) is 4.11. The molecule has 0 aliphatic rings. The van der Waals surface area contributed by atoms with E-state index in [0.717, 1.165) is 24.6 Å². The first kappa shape index (κ1) is 18.3. The Hall–Kier alpha value is -1.71. The highest BCUT2D eigenvalue weighted by atomic mass is 35.5. The molecule has 2 aromatic carbocycles. The van der Waals surface area contributed by atoms with Crippen molar-refractivity contribution in [2.75, 3.05) is 13.7 Å². The first-order chi connectivity index (χ1) is 10.2. The van der Waals surface area contributed by atoms with E-state index in [1.807, 2.05) is 19.1 Å². The molecule has 0 radical (unpaired) electrons. The fourth-order valence-electron chi connectivity index (χ4n) is 2.16. The van der Waals surface area contributed by atoms with Crippen molar-refractivity contribution >= 4 is 12.4 Å². The van der Waals surface area contributed by atoms with Crippen molar-refractivity contribution in [2.45, 2.75) is 26.9 Å². The van der Waals surface area contributed by atoms with E-state index in [1.165, 1.54) is 16.7 Å². The summed E-state index contributed by atoms with van der Waals surface area (Å²) in [6, 6.07) is 14.6. The standard InChI is InChI=1S/C18H23NO2.ClH/c1-4-21-18-11-16(9-10-17(18)20-3)13-19-12-15-7-5-14(2)6-8-15;/h5-11,19H,4,12-13H2,1-3H3;1H. The highest BCUT2D eigenvalue weighted by molar-refractivity contribution is 5.85. The van der Waals surface area contributed by atoms with Gasteiger partial charge in [-0.15, -0.1) is 12.4 Å². The molecule has 120 valence electrons. The van der Waals surface area contributed by atoms with Crippen molar-refractivity contribution in [3.05, 3.63) is 59.2 Å². The Kier molecular flexibility index (Phi) is 7.78. The molecule has 0 atom stereocenters. The molecule has 2 aromatic rings. The summed E-state index contributed by atoms with van der Waals surface area (Å²) in [6.07, 6.45) is 0. The van der Waals surface area contributed by atoms with Gasteiger partial charge in [0, 0.05) is 13.1 Å². The van der Waals surface area contributed by atoms with Gasteiger partial charge in [-0.3, -0.25) is 0 Å². The van der Waals surface area contributed by atoms with Gasteiger partial charge in [0.2, 0.25) is 0 Å². The molecule has 0 heterocycles. The van der Waals surface area contributed by atoms with Crippen molar-refractivity contribution in [1.29, 1.82) is 0 Å². The Balaban J connectivity index is 0.00000242. The van der Waals surface area contributed by atoms with Crippen LogP contribution < -0.4 is 14.8 Å². The third-order valence-corrected chi connectivity index (χ3v) is 3.31. The minimum Gasteiger partial charge on any atom is -0.493 e. The molecule has 0 spiro atoms. The van der Waals surface area contributed by atoms with Gasteiger partial charge in [0.15, 0.2) is 11.5 Å². The maximum Gasteiger partial charge on any atom is 0.161 e. The van der Waals surface area contributed by atoms with E-state index in [4.69, 9.17) is 9.47 Å². The van der Waals surface area contributed by atoms with Crippen LogP contribution in [0.1, 0.15) is 23.6 Å². The van der Waals surface area contributed by atoms with Gasteiger partial charge in [-0.25, -0.2) is 0 Å². The molecule has 1 N–H and O–H groups in total. The second kappa shape index (κ2) is 9.34. The van der Waals surface area contributed by atoms with Gasteiger partial charge in [-0.1, -0.05) is 35.9 Å². The summed E-state index contributed by atoms with van der Waals surface area (Å²) in [5, 5.41) is 3.45. The van der Waals surface area contributed by atoms with Gasteiger partial charge in [-0.05, 0) is 37.1 Å². The van der Waals surface area contributed by atoms with Crippen molar-refractivity contribution in [3.8, 4) is 11.5 Å². The zero-order chi connectivity index (χ0) is 15.1. The molecule has 0 aromatic heterocycles. The Morgan fingerprint density at radius 3 is 2.18 bits per heavy atom. The van der Waals surface area contributed by atoms with E-state index in [2.05, 4.69) is 42.6 Å². The van der Waals surface area contributed by atoms with E-state index in [9.17, 15) is 0 Å². The van der Waals surface area contributed by atoms with E-state index >= 15 is 0 Å². The summed E-state index contributed by atoms with van der Waals surface area (Å²) < 4.78 is 10.9. The van der Waals surface area contributed by atoms with Gasteiger partial charge < -0.3 is 14.8 Å². The fourth-order valence-corrected chi connectivity index (χ4v) is 2.16. The van der Waals surface area contributed by atoms with E-state index in [1.54, 1.807) is 7.11 Å². The van der Waals surface area contributed by atoms with Crippen LogP contribution in [0.15, 0.2) is 42.5 Å². The maximum absolute atomic E-state index is 5.59. The molecule has 0 unspecified atom stereocenters. The SMILES string of the molecule is CCOc1cc(CNCc2ccc(C)cc2)ccc1OC.Cl. The molecule has 0 aliphatic carbocycles. The Morgan fingerprint density at radius 2 is 1.55 bits per heavy atom. The zero-order valence-corrected chi connectivity index (χ0v) is 14.2. The smallest absolute Gasteiger partial charge is 0.161 e. The van der Waals surface area contributed by atoms with Crippen LogP contribution in [0.25, 0.3) is 0 Å². The zero-order valence-electron chi connectivity index (χ0n) is 13.4.